The van der Waals surface area contributed by atoms with Crippen molar-refractivity contribution in [2.75, 3.05) is 19.6 Å². The maximum atomic E-state index is 12.4. The minimum Gasteiger partial charge on any atom is -0.341 e. The highest BCUT2D eigenvalue weighted by molar-refractivity contribution is 5.83. The summed E-state index contributed by atoms with van der Waals surface area (Å²) in [4.78, 5) is 31.8. The van der Waals surface area contributed by atoms with Gasteiger partial charge in [0.05, 0.1) is 12.2 Å². The molecule has 0 spiro atoms. The molecular weight excluding hydrogens is 266 g/mol. The van der Waals surface area contributed by atoms with Gasteiger partial charge >= 0.3 is 0 Å². The number of hydrogen-bond acceptors (Lipinski definition) is 3. The summed E-state index contributed by atoms with van der Waals surface area (Å²) in [7, 11) is 0. The van der Waals surface area contributed by atoms with Crippen LogP contribution in [-0.4, -0.2) is 46.2 Å². The molecule has 1 saturated heterocycles. The van der Waals surface area contributed by atoms with Gasteiger partial charge in [0, 0.05) is 26.2 Å². The lowest BCUT2D eigenvalue weighted by molar-refractivity contribution is -0.139. The second-order valence-electron chi connectivity index (χ2n) is 5.49. The summed E-state index contributed by atoms with van der Waals surface area (Å²) in [6.45, 7) is 3.66. The van der Waals surface area contributed by atoms with Crippen molar-refractivity contribution in [3.05, 3.63) is 30.1 Å². The van der Waals surface area contributed by atoms with Gasteiger partial charge in [-0.3, -0.25) is 14.6 Å². The van der Waals surface area contributed by atoms with Gasteiger partial charge in [-0.15, -0.1) is 0 Å². The lowest BCUT2D eigenvalue weighted by atomic mass is 10.2. The van der Waals surface area contributed by atoms with E-state index in [2.05, 4.69) is 4.98 Å². The van der Waals surface area contributed by atoms with Crippen LogP contribution in [0.3, 0.4) is 0 Å². The number of pyridine rings is 1. The van der Waals surface area contributed by atoms with Gasteiger partial charge in [0.2, 0.25) is 11.8 Å². The smallest absolute Gasteiger partial charge is 0.242 e. The largest absolute Gasteiger partial charge is 0.341 e. The number of carbonyl (C=O) groups is 2. The van der Waals surface area contributed by atoms with Crippen LogP contribution in [0.1, 0.15) is 38.3 Å². The zero-order valence-electron chi connectivity index (χ0n) is 12.6. The summed E-state index contributed by atoms with van der Waals surface area (Å²) < 4.78 is 0. The van der Waals surface area contributed by atoms with Crippen molar-refractivity contribution in [2.24, 2.45) is 0 Å². The van der Waals surface area contributed by atoms with E-state index >= 15 is 0 Å². The van der Waals surface area contributed by atoms with Crippen molar-refractivity contribution in [1.29, 1.82) is 0 Å². The first-order valence-electron chi connectivity index (χ1n) is 7.60. The van der Waals surface area contributed by atoms with Gasteiger partial charge in [-0.2, -0.15) is 0 Å². The molecule has 0 aliphatic carbocycles. The minimum atomic E-state index is -0.0937. The molecule has 1 aliphatic heterocycles. The molecule has 5 nitrogen and oxygen atoms in total. The third-order valence-corrected chi connectivity index (χ3v) is 3.81. The SMILES string of the molecule is CC(=O)N(CC(=O)N1CCCCCC1)Cc1ccccn1. The molecule has 0 radical (unpaired) electrons. The van der Waals surface area contributed by atoms with E-state index in [-0.39, 0.29) is 18.4 Å². The number of aromatic nitrogens is 1. The Morgan fingerprint density at radius 1 is 1.19 bits per heavy atom. The van der Waals surface area contributed by atoms with E-state index in [0.717, 1.165) is 31.6 Å². The summed E-state index contributed by atoms with van der Waals surface area (Å²) in [6, 6.07) is 5.59. The molecular formula is C16H23N3O2. The number of rotatable bonds is 4. The first-order chi connectivity index (χ1) is 10.2. The van der Waals surface area contributed by atoms with Crippen LogP contribution in [0.2, 0.25) is 0 Å². The van der Waals surface area contributed by atoms with Crippen LogP contribution in [0.15, 0.2) is 24.4 Å². The predicted octanol–water partition coefficient (Wildman–Crippen LogP) is 1.83. The average Bonchev–Trinajstić information content (AvgIpc) is 2.76. The molecule has 1 aromatic heterocycles. The number of carbonyl (C=O) groups excluding carboxylic acids is 2. The highest BCUT2D eigenvalue weighted by Crippen LogP contribution is 2.11. The van der Waals surface area contributed by atoms with Crippen LogP contribution >= 0.6 is 0 Å². The molecule has 5 heteroatoms. The second kappa shape index (κ2) is 7.76. The third kappa shape index (κ3) is 4.85. The molecule has 0 atom stereocenters. The van der Waals surface area contributed by atoms with Crippen molar-refractivity contribution >= 4 is 11.8 Å². The normalized spacial score (nSPS) is 15.4. The number of hydrogen-bond donors (Lipinski definition) is 0. The van der Waals surface area contributed by atoms with Gasteiger partial charge in [-0.25, -0.2) is 0 Å². The van der Waals surface area contributed by atoms with E-state index in [4.69, 9.17) is 0 Å². The van der Waals surface area contributed by atoms with Crippen molar-refractivity contribution in [3.8, 4) is 0 Å². The lowest BCUT2D eigenvalue weighted by Crippen LogP contribution is -2.42. The Kier molecular flexibility index (Phi) is 5.72. The predicted molar refractivity (Wildman–Crippen MR) is 80.4 cm³/mol. The highest BCUT2D eigenvalue weighted by Gasteiger charge is 2.20. The molecule has 1 aliphatic rings. The number of nitrogens with zero attached hydrogens (tertiary/aromatic N) is 3. The van der Waals surface area contributed by atoms with Crippen LogP contribution in [0.4, 0.5) is 0 Å². The Bertz CT molecular complexity index is 468. The molecule has 2 rings (SSSR count). The van der Waals surface area contributed by atoms with Gasteiger partial charge < -0.3 is 9.80 Å². The summed E-state index contributed by atoms with van der Waals surface area (Å²) >= 11 is 0. The van der Waals surface area contributed by atoms with Crippen molar-refractivity contribution in [2.45, 2.75) is 39.2 Å². The van der Waals surface area contributed by atoms with Crippen LogP contribution in [0, 0.1) is 0 Å². The molecule has 21 heavy (non-hydrogen) atoms. The second-order valence-corrected chi connectivity index (χ2v) is 5.49. The van der Waals surface area contributed by atoms with E-state index in [1.807, 2.05) is 23.1 Å². The molecule has 1 fully saturated rings. The molecule has 1 aromatic rings. The first kappa shape index (κ1) is 15.5. The summed E-state index contributed by atoms with van der Waals surface area (Å²) in [5.41, 5.74) is 0.802. The monoisotopic (exact) mass is 289 g/mol. The van der Waals surface area contributed by atoms with Crippen LogP contribution in [0.5, 0.6) is 0 Å². The fourth-order valence-electron chi connectivity index (χ4n) is 2.55. The average molecular weight is 289 g/mol. The molecule has 0 N–H and O–H groups in total. The van der Waals surface area contributed by atoms with Crippen LogP contribution < -0.4 is 0 Å². The van der Waals surface area contributed by atoms with E-state index in [9.17, 15) is 9.59 Å². The van der Waals surface area contributed by atoms with Crippen molar-refractivity contribution in [1.82, 2.24) is 14.8 Å². The topological polar surface area (TPSA) is 53.5 Å². The summed E-state index contributed by atoms with van der Waals surface area (Å²) in [6.07, 6.45) is 6.20. The summed E-state index contributed by atoms with van der Waals surface area (Å²) in [5.74, 6) is -0.0492. The third-order valence-electron chi connectivity index (χ3n) is 3.81. The number of likely N-dealkylation sites (tertiary alicyclic amines) is 1. The zero-order chi connectivity index (χ0) is 15.1. The molecule has 2 heterocycles. The van der Waals surface area contributed by atoms with E-state index < -0.39 is 0 Å². The maximum Gasteiger partial charge on any atom is 0.242 e. The Labute approximate surface area is 126 Å². The Hall–Kier alpha value is -1.91. The Morgan fingerprint density at radius 3 is 2.48 bits per heavy atom. The minimum absolute atomic E-state index is 0.0445. The van der Waals surface area contributed by atoms with Gasteiger partial charge in [0.25, 0.3) is 0 Å². The quantitative estimate of drug-likeness (QED) is 0.850. The van der Waals surface area contributed by atoms with Gasteiger partial charge in [0.1, 0.15) is 6.54 Å². The standard InChI is InChI=1S/C16H23N3O2/c1-14(20)19(12-15-8-4-5-9-17-15)13-16(21)18-10-6-2-3-7-11-18/h4-5,8-9H,2-3,6-7,10-13H2,1H3. The van der Waals surface area contributed by atoms with Gasteiger partial charge in [-0.1, -0.05) is 18.9 Å². The molecule has 0 unspecified atom stereocenters. The van der Waals surface area contributed by atoms with Crippen LogP contribution in [0.25, 0.3) is 0 Å². The molecule has 114 valence electrons. The molecule has 0 saturated carbocycles. The number of amides is 2. The molecule has 0 bridgehead atoms. The van der Waals surface area contributed by atoms with E-state index in [0.29, 0.717) is 6.54 Å². The first-order valence-corrected chi connectivity index (χ1v) is 7.60. The van der Waals surface area contributed by atoms with Crippen molar-refractivity contribution in [3.63, 3.8) is 0 Å². The van der Waals surface area contributed by atoms with Crippen molar-refractivity contribution < 1.29 is 9.59 Å². The van der Waals surface area contributed by atoms with Gasteiger partial charge in [0.15, 0.2) is 0 Å². The Balaban J connectivity index is 1.95. The lowest BCUT2D eigenvalue weighted by Gasteiger charge is -2.25. The van der Waals surface area contributed by atoms with Crippen LogP contribution in [-0.2, 0) is 16.1 Å². The van der Waals surface area contributed by atoms with E-state index in [1.54, 1.807) is 11.1 Å². The maximum absolute atomic E-state index is 12.4. The molecule has 0 aromatic carbocycles. The Morgan fingerprint density at radius 2 is 1.90 bits per heavy atom. The fourth-order valence-corrected chi connectivity index (χ4v) is 2.55. The highest BCUT2D eigenvalue weighted by atomic mass is 16.2. The van der Waals surface area contributed by atoms with E-state index in [1.165, 1.54) is 19.8 Å². The fraction of sp³-hybridized carbons (Fsp3) is 0.562. The zero-order valence-corrected chi connectivity index (χ0v) is 12.6. The molecule has 2 amide bonds. The summed E-state index contributed by atoms with van der Waals surface area (Å²) in [5, 5.41) is 0. The van der Waals surface area contributed by atoms with Gasteiger partial charge in [-0.05, 0) is 25.0 Å².